The van der Waals surface area contributed by atoms with E-state index in [0.717, 1.165) is 18.4 Å². The predicted octanol–water partition coefficient (Wildman–Crippen LogP) is 4.88. The Labute approximate surface area is 171 Å². The third-order valence-corrected chi connectivity index (χ3v) is 4.58. The summed E-state index contributed by atoms with van der Waals surface area (Å²) in [4.78, 5) is 13.3. The van der Waals surface area contributed by atoms with Crippen LogP contribution in [0.15, 0.2) is 35.9 Å². The molecule has 0 atom stereocenters. The first-order chi connectivity index (χ1) is 14.0. The molecule has 0 fully saturated rings. The monoisotopic (exact) mass is 400 g/mol. The van der Waals surface area contributed by atoms with Gasteiger partial charge in [0, 0.05) is 17.7 Å². The van der Waals surface area contributed by atoms with Crippen LogP contribution in [0.5, 0.6) is 28.7 Å². The number of hydrogen-bond donors (Lipinski definition) is 1. The molecular weight excluding hydrogens is 372 g/mol. The highest BCUT2D eigenvalue weighted by Crippen LogP contribution is 2.36. The molecule has 0 unspecified atom stereocenters. The average Bonchev–Trinajstić information content (AvgIpc) is 2.75. The molecule has 6 heteroatoms. The first kappa shape index (κ1) is 22.1. The SMILES string of the molecule is CCCCC(=Cc1ccc(OC)c(OC)c1)C(=O)c1c(O)cc(OC)cc1OC. The number of phenolic OH excluding ortho intramolecular Hbond substituents is 1. The minimum atomic E-state index is -0.287. The molecule has 0 aliphatic carbocycles. The van der Waals surface area contributed by atoms with Gasteiger partial charge in [0.2, 0.25) is 0 Å². The molecule has 0 amide bonds. The van der Waals surface area contributed by atoms with Gasteiger partial charge in [0.1, 0.15) is 22.8 Å². The fraction of sp³-hybridized carbons (Fsp3) is 0.348. The van der Waals surface area contributed by atoms with Crippen LogP contribution < -0.4 is 18.9 Å². The van der Waals surface area contributed by atoms with Crippen LogP contribution in [0, 0.1) is 0 Å². The zero-order chi connectivity index (χ0) is 21.4. The van der Waals surface area contributed by atoms with Crippen LogP contribution in [0.25, 0.3) is 6.08 Å². The number of Topliss-reactive ketones (excluding diaryl/α,β-unsaturated/α-hetero) is 1. The number of phenols is 1. The number of ether oxygens (including phenoxy) is 4. The van der Waals surface area contributed by atoms with Gasteiger partial charge in [-0.2, -0.15) is 0 Å². The highest BCUT2D eigenvalue weighted by atomic mass is 16.5. The maximum absolute atomic E-state index is 13.3. The highest BCUT2D eigenvalue weighted by Gasteiger charge is 2.22. The van der Waals surface area contributed by atoms with Crippen molar-refractivity contribution >= 4 is 11.9 Å². The summed E-state index contributed by atoms with van der Waals surface area (Å²) in [5, 5.41) is 10.5. The third kappa shape index (κ3) is 5.22. The number of benzene rings is 2. The van der Waals surface area contributed by atoms with Crippen LogP contribution in [0.1, 0.15) is 42.1 Å². The largest absolute Gasteiger partial charge is 0.507 e. The normalized spacial score (nSPS) is 11.1. The summed E-state index contributed by atoms with van der Waals surface area (Å²) in [6.07, 6.45) is 4.15. The summed E-state index contributed by atoms with van der Waals surface area (Å²) in [6.45, 7) is 2.06. The highest BCUT2D eigenvalue weighted by molar-refractivity contribution is 6.14. The Morgan fingerprint density at radius 2 is 1.62 bits per heavy atom. The summed E-state index contributed by atoms with van der Waals surface area (Å²) in [7, 11) is 6.07. The smallest absolute Gasteiger partial charge is 0.196 e. The number of hydrogen-bond acceptors (Lipinski definition) is 6. The van der Waals surface area contributed by atoms with E-state index >= 15 is 0 Å². The molecule has 2 aromatic rings. The molecule has 2 rings (SSSR count). The number of unbranched alkanes of at least 4 members (excludes halogenated alkanes) is 1. The van der Waals surface area contributed by atoms with E-state index in [9.17, 15) is 9.90 Å². The minimum absolute atomic E-state index is 0.121. The first-order valence-electron chi connectivity index (χ1n) is 9.41. The number of carbonyl (C=O) groups is 1. The van der Waals surface area contributed by atoms with Crippen molar-refractivity contribution in [2.75, 3.05) is 28.4 Å². The van der Waals surface area contributed by atoms with Gasteiger partial charge in [-0.1, -0.05) is 19.4 Å². The van der Waals surface area contributed by atoms with E-state index in [0.29, 0.717) is 29.2 Å². The van der Waals surface area contributed by atoms with E-state index in [4.69, 9.17) is 18.9 Å². The number of rotatable bonds is 10. The quantitative estimate of drug-likeness (QED) is 0.452. The molecule has 0 aliphatic heterocycles. The van der Waals surface area contributed by atoms with E-state index in [1.54, 1.807) is 26.4 Å². The average molecular weight is 400 g/mol. The summed E-state index contributed by atoms with van der Waals surface area (Å²) < 4.78 is 21.1. The van der Waals surface area contributed by atoms with Crippen LogP contribution >= 0.6 is 0 Å². The van der Waals surface area contributed by atoms with Crippen molar-refractivity contribution in [2.45, 2.75) is 26.2 Å². The molecule has 0 saturated heterocycles. The lowest BCUT2D eigenvalue weighted by atomic mass is 9.95. The molecule has 29 heavy (non-hydrogen) atoms. The molecule has 0 spiro atoms. The van der Waals surface area contributed by atoms with E-state index in [-0.39, 0.29) is 22.8 Å². The lowest BCUT2D eigenvalue weighted by Crippen LogP contribution is -2.07. The van der Waals surface area contributed by atoms with Gasteiger partial charge in [0.15, 0.2) is 17.3 Å². The zero-order valence-corrected chi connectivity index (χ0v) is 17.6. The Balaban J connectivity index is 2.53. The van der Waals surface area contributed by atoms with E-state index in [2.05, 4.69) is 6.92 Å². The fourth-order valence-corrected chi connectivity index (χ4v) is 3.01. The predicted molar refractivity (Wildman–Crippen MR) is 113 cm³/mol. The molecule has 0 aromatic heterocycles. The van der Waals surface area contributed by atoms with Crippen molar-refractivity contribution in [1.82, 2.24) is 0 Å². The van der Waals surface area contributed by atoms with Crippen molar-refractivity contribution in [1.29, 1.82) is 0 Å². The summed E-state index contributed by atoms with van der Waals surface area (Å²) in [5.41, 5.74) is 1.49. The van der Waals surface area contributed by atoms with Gasteiger partial charge in [-0.25, -0.2) is 0 Å². The zero-order valence-electron chi connectivity index (χ0n) is 17.6. The Morgan fingerprint density at radius 1 is 0.931 bits per heavy atom. The van der Waals surface area contributed by atoms with Crippen molar-refractivity contribution in [2.24, 2.45) is 0 Å². The Morgan fingerprint density at radius 3 is 2.21 bits per heavy atom. The molecule has 0 bridgehead atoms. The van der Waals surface area contributed by atoms with E-state index in [1.807, 2.05) is 18.2 Å². The number of methoxy groups -OCH3 is 4. The van der Waals surface area contributed by atoms with Crippen molar-refractivity contribution < 1.29 is 28.8 Å². The van der Waals surface area contributed by atoms with Crippen LogP contribution in [-0.4, -0.2) is 39.3 Å². The number of allylic oxidation sites excluding steroid dienone is 1. The third-order valence-electron chi connectivity index (χ3n) is 4.58. The van der Waals surface area contributed by atoms with Crippen molar-refractivity contribution in [3.8, 4) is 28.7 Å². The van der Waals surface area contributed by atoms with Crippen LogP contribution in [0.3, 0.4) is 0 Å². The molecule has 0 radical (unpaired) electrons. The van der Waals surface area contributed by atoms with E-state index < -0.39 is 0 Å². The molecule has 156 valence electrons. The van der Waals surface area contributed by atoms with Crippen molar-refractivity contribution in [3.05, 3.63) is 47.0 Å². The second kappa shape index (κ2) is 10.4. The maximum Gasteiger partial charge on any atom is 0.196 e. The fourth-order valence-electron chi connectivity index (χ4n) is 3.01. The van der Waals surface area contributed by atoms with Gasteiger partial charge in [-0.15, -0.1) is 0 Å². The summed E-state index contributed by atoms with van der Waals surface area (Å²) in [6, 6.07) is 8.44. The molecule has 6 nitrogen and oxygen atoms in total. The van der Waals surface area contributed by atoms with Gasteiger partial charge < -0.3 is 24.1 Å². The minimum Gasteiger partial charge on any atom is -0.507 e. The first-order valence-corrected chi connectivity index (χ1v) is 9.41. The topological polar surface area (TPSA) is 74.2 Å². The molecule has 0 aliphatic rings. The van der Waals surface area contributed by atoms with Gasteiger partial charge in [-0.3, -0.25) is 4.79 Å². The molecule has 0 saturated carbocycles. The number of aromatic hydroxyl groups is 1. The van der Waals surface area contributed by atoms with Gasteiger partial charge in [0.25, 0.3) is 0 Å². The number of carbonyl (C=O) groups excluding carboxylic acids is 1. The second-order valence-electron chi connectivity index (χ2n) is 6.44. The lowest BCUT2D eigenvalue weighted by Gasteiger charge is -2.14. The Bertz CT molecular complexity index is 885. The summed E-state index contributed by atoms with van der Waals surface area (Å²) >= 11 is 0. The van der Waals surface area contributed by atoms with Gasteiger partial charge in [0.05, 0.1) is 28.4 Å². The maximum atomic E-state index is 13.3. The number of ketones is 1. The second-order valence-corrected chi connectivity index (χ2v) is 6.44. The Hall–Kier alpha value is -3.15. The lowest BCUT2D eigenvalue weighted by molar-refractivity contribution is 0.102. The van der Waals surface area contributed by atoms with Crippen LogP contribution in [0.4, 0.5) is 0 Å². The van der Waals surface area contributed by atoms with Crippen LogP contribution in [0.2, 0.25) is 0 Å². The Kier molecular flexibility index (Phi) is 7.95. The molecule has 2 aromatic carbocycles. The van der Waals surface area contributed by atoms with E-state index in [1.165, 1.54) is 20.3 Å². The summed E-state index contributed by atoms with van der Waals surface area (Å²) in [5.74, 6) is 1.40. The van der Waals surface area contributed by atoms with Crippen molar-refractivity contribution in [3.63, 3.8) is 0 Å². The standard InChI is InChI=1S/C23H28O6/c1-6-7-8-16(11-15-9-10-19(27-3)20(12-15)28-4)23(25)22-18(24)13-17(26-2)14-21(22)29-5/h9-14,24H,6-8H2,1-5H3. The van der Waals surface area contributed by atoms with Gasteiger partial charge in [-0.05, 0) is 36.6 Å². The van der Waals surface area contributed by atoms with Crippen LogP contribution in [-0.2, 0) is 0 Å². The van der Waals surface area contributed by atoms with Gasteiger partial charge >= 0.3 is 0 Å². The molecule has 1 N–H and O–H groups in total. The molecule has 0 heterocycles. The molecular formula is C23H28O6.